The molecule has 0 aliphatic rings. The number of rotatable bonds is 11. The third-order valence-electron chi connectivity index (χ3n) is 4.77. The maximum Gasteiger partial charge on any atom is 0.234 e. The van der Waals surface area contributed by atoms with Crippen LogP contribution in [0.4, 0.5) is 5.69 Å². The largest absolute Gasteiger partial charge is 0.497 e. The molecule has 3 rings (SSSR count). The molecule has 0 saturated heterocycles. The highest BCUT2D eigenvalue weighted by Gasteiger charge is 2.20. The Morgan fingerprint density at radius 2 is 1.84 bits per heavy atom. The second kappa shape index (κ2) is 11.4. The maximum absolute atomic E-state index is 12.4. The smallest absolute Gasteiger partial charge is 0.234 e. The van der Waals surface area contributed by atoms with E-state index in [9.17, 15) is 4.79 Å². The number of nitrogens with one attached hydrogen (secondary N) is 1. The van der Waals surface area contributed by atoms with Gasteiger partial charge < -0.3 is 14.8 Å². The second-order valence-electron chi connectivity index (χ2n) is 7.06. The number of aromatic nitrogens is 3. The van der Waals surface area contributed by atoms with Crippen molar-refractivity contribution in [2.45, 2.75) is 38.1 Å². The summed E-state index contributed by atoms with van der Waals surface area (Å²) in [6, 6.07) is 15.2. The van der Waals surface area contributed by atoms with E-state index in [2.05, 4.69) is 41.1 Å². The van der Waals surface area contributed by atoms with Crippen LogP contribution in [-0.4, -0.2) is 33.5 Å². The van der Waals surface area contributed by atoms with Crippen molar-refractivity contribution in [3.05, 3.63) is 72.6 Å². The molecule has 1 amide bonds. The zero-order valence-corrected chi connectivity index (χ0v) is 19.4. The molecule has 3 aromatic rings. The van der Waals surface area contributed by atoms with Gasteiger partial charge in [-0.05, 0) is 55.3 Å². The standard InChI is InChI=1S/C24H28N4O3S/c1-5-15-28-23(17(3)31-21-11-7-18(6-2)8-12-21)26-27-24(28)32-16-22(29)25-19-9-13-20(30-4)14-10-19/h5,7-14,17H,1,6,15-16H2,2-4H3,(H,25,29). The Labute approximate surface area is 192 Å². The highest BCUT2D eigenvalue weighted by atomic mass is 32.2. The Balaban J connectivity index is 1.63. The molecule has 0 fully saturated rings. The molecule has 1 aromatic heterocycles. The topological polar surface area (TPSA) is 78.3 Å². The zero-order chi connectivity index (χ0) is 22.9. The molecule has 1 N–H and O–H groups in total. The van der Waals surface area contributed by atoms with E-state index in [0.29, 0.717) is 23.2 Å². The van der Waals surface area contributed by atoms with Gasteiger partial charge in [-0.25, -0.2) is 0 Å². The number of allylic oxidation sites excluding steroid dienone is 1. The lowest BCUT2D eigenvalue weighted by molar-refractivity contribution is -0.113. The molecule has 0 saturated carbocycles. The average Bonchev–Trinajstić information content (AvgIpc) is 3.21. The average molecular weight is 453 g/mol. The number of methoxy groups -OCH3 is 1. The molecular formula is C24H28N4O3S. The van der Waals surface area contributed by atoms with Crippen molar-refractivity contribution in [3.63, 3.8) is 0 Å². The van der Waals surface area contributed by atoms with Crippen LogP contribution in [0.1, 0.15) is 31.3 Å². The van der Waals surface area contributed by atoms with Crippen LogP contribution in [0, 0.1) is 0 Å². The number of benzene rings is 2. The lowest BCUT2D eigenvalue weighted by Gasteiger charge is -2.16. The first-order valence-electron chi connectivity index (χ1n) is 10.4. The maximum atomic E-state index is 12.4. The summed E-state index contributed by atoms with van der Waals surface area (Å²) in [7, 11) is 1.60. The van der Waals surface area contributed by atoms with E-state index in [-0.39, 0.29) is 17.8 Å². The molecule has 32 heavy (non-hydrogen) atoms. The van der Waals surface area contributed by atoms with Crippen LogP contribution in [0.5, 0.6) is 11.5 Å². The summed E-state index contributed by atoms with van der Waals surface area (Å²) in [5.74, 6) is 2.27. The Morgan fingerprint density at radius 3 is 2.47 bits per heavy atom. The van der Waals surface area contributed by atoms with Gasteiger partial charge in [0.15, 0.2) is 17.1 Å². The highest BCUT2D eigenvalue weighted by Crippen LogP contribution is 2.25. The van der Waals surface area contributed by atoms with E-state index in [1.165, 1.54) is 17.3 Å². The molecule has 0 bridgehead atoms. The van der Waals surface area contributed by atoms with Gasteiger partial charge in [-0.15, -0.1) is 16.8 Å². The first kappa shape index (κ1) is 23.4. The van der Waals surface area contributed by atoms with Gasteiger partial charge in [0.25, 0.3) is 0 Å². The predicted octanol–water partition coefficient (Wildman–Crippen LogP) is 4.91. The van der Waals surface area contributed by atoms with Crippen molar-refractivity contribution in [3.8, 4) is 11.5 Å². The monoisotopic (exact) mass is 452 g/mol. The normalized spacial score (nSPS) is 11.6. The van der Waals surface area contributed by atoms with Crippen molar-refractivity contribution in [2.24, 2.45) is 0 Å². The molecule has 1 unspecified atom stereocenters. The Bertz CT molecular complexity index is 1030. The Kier molecular flexibility index (Phi) is 8.33. The van der Waals surface area contributed by atoms with Gasteiger partial charge in [-0.1, -0.05) is 36.9 Å². The number of hydrogen-bond donors (Lipinski definition) is 1. The van der Waals surface area contributed by atoms with Gasteiger partial charge in [0.05, 0.1) is 12.9 Å². The minimum atomic E-state index is -0.308. The number of carbonyl (C=O) groups is 1. The van der Waals surface area contributed by atoms with Gasteiger partial charge in [0.2, 0.25) is 5.91 Å². The van der Waals surface area contributed by atoms with Crippen molar-refractivity contribution in [2.75, 3.05) is 18.2 Å². The number of anilines is 1. The molecule has 0 radical (unpaired) electrons. The van der Waals surface area contributed by atoms with E-state index < -0.39 is 0 Å². The van der Waals surface area contributed by atoms with Crippen LogP contribution in [-0.2, 0) is 17.8 Å². The van der Waals surface area contributed by atoms with E-state index in [1.54, 1.807) is 37.5 Å². The Hall–Kier alpha value is -3.26. The van der Waals surface area contributed by atoms with Crippen LogP contribution in [0.3, 0.4) is 0 Å². The number of thioether (sulfide) groups is 1. The van der Waals surface area contributed by atoms with Crippen molar-refractivity contribution < 1.29 is 14.3 Å². The minimum Gasteiger partial charge on any atom is -0.497 e. The molecule has 7 nitrogen and oxygen atoms in total. The number of nitrogens with zero attached hydrogens (tertiary/aromatic N) is 3. The minimum absolute atomic E-state index is 0.129. The fraction of sp³-hybridized carbons (Fsp3) is 0.292. The molecule has 1 atom stereocenters. The number of hydrogen-bond acceptors (Lipinski definition) is 6. The summed E-state index contributed by atoms with van der Waals surface area (Å²) in [6.07, 6.45) is 2.45. The first-order chi connectivity index (χ1) is 15.5. The number of aryl methyl sites for hydroxylation is 1. The van der Waals surface area contributed by atoms with Gasteiger partial charge in [0, 0.05) is 12.2 Å². The highest BCUT2D eigenvalue weighted by molar-refractivity contribution is 7.99. The van der Waals surface area contributed by atoms with E-state index in [4.69, 9.17) is 9.47 Å². The molecular weight excluding hydrogens is 424 g/mol. The lowest BCUT2D eigenvalue weighted by atomic mass is 10.2. The summed E-state index contributed by atoms with van der Waals surface area (Å²) < 4.78 is 13.1. The summed E-state index contributed by atoms with van der Waals surface area (Å²) >= 11 is 1.32. The quantitative estimate of drug-likeness (QED) is 0.329. The summed E-state index contributed by atoms with van der Waals surface area (Å²) in [5.41, 5.74) is 1.96. The third kappa shape index (κ3) is 6.13. The molecule has 8 heteroatoms. The molecule has 1 heterocycles. The summed E-state index contributed by atoms with van der Waals surface area (Å²) in [5, 5.41) is 12.1. The number of carbonyl (C=O) groups excluding carboxylic acids is 1. The van der Waals surface area contributed by atoms with Gasteiger partial charge >= 0.3 is 0 Å². The Morgan fingerprint density at radius 1 is 1.16 bits per heavy atom. The van der Waals surface area contributed by atoms with Crippen molar-refractivity contribution in [1.82, 2.24) is 14.8 Å². The third-order valence-corrected chi connectivity index (χ3v) is 5.74. The van der Waals surface area contributed by atoms with Gasteiger partial charge in [-0.2, -0.15) is 0 Å². The molecule has 0 spiro atoms. The van der Waals surface area contributed by atoms with E-state index in [0.717, 1.165) is 17.9 Å². The lowest BCUT2D eigenvalue weighted by Crippen LogP contribution is -2.15. The van der Waals surface area contributed by atoms with Gasteiger partial charge in [0.1, 0.15) is 11.5 Å². The van der Waals surface area contributed by atoms with Crippen molar-refractivity contribution in [1.29, 1.82) is 0 Å². The molecule has 0 aliphatic carbocycles. The van der Waals surface area contributed by atoms with Crippen LogP contribution in [0.2, 0.25) is 0 Å². The van der Waals surface area contributed by atoms with Crippen LogP contribution in [0.15, 0.2) is 66.3 Å². The number of ether oxygens (including phenoxy) is 2. The molecule has 2 aromatic carbocycles. The summed E-state index contributed by atoms with van der Waals surface area (Å²) in [4.78, 5) is 12.4. The SMILES string of the molecule is C=CCn1c(SCC(=O)Nc2ccc(OC)cc2)nnc1C(C)Oc1ccc(CC)cc1. The van der Waals surface area contributed by atoms with Crippen LogP contribution in [0.25, 0.3) is 0 Å². The molecule has 168 valence electrons. The molecule has 0 aliphatic heterocycles. The second-order valence-corrected chi connectivity index (χ2v) is 8.01. The zero-order valence-electron chi connectivity index (χ0n) is 18.6. The van der Waals surface area contributed by atoms with E-state index >= 15 is 0 Å². The van der Waals surface area contributed by atoms with E-state index in [1.807, 2.05) is 23.6 Å². The summed E-state index contributed by atoms with van der Waals surface area (Å²) in [6.45, 7) is 8.40. The predicted molar refractivity (Wildman–Crippen MR) is 127 cm³/mol. The van der Waals surface area contributed by atoms with Crippen LogP contribution < -0.4 is 14.8 Å². The fourth-order valence-corrected chi connectivity index (χ4v) is 3.83. The van der Waals surface area contributed by atoms with Gasteiger partial charge in [-0.3, -0.25) is 9.36 Å². The first-order valence-corrected chi connectivity index (χ1v) is 11.4. The fourth-order valence-electron chi connectivity index (χ4n) is 3.07. The van der Waals surface area contributed by atoms with Crippen molar-refractivity contribution >= 4 is 23.4 Å². The van der Waals surface area contributed by atoms with Crippen LogP contribution >= 0.6 is 11.8 Å². The number of amides is 1.